The Morgan fingerprint density at radius 2 is 2.00 bits per heavy atom. The van der Waals surface area contributed by atoms with Crippen LogP contribution in [0.25, 0.3) is 0 Å². The molecule has 0 amide bonds. The minimum Gasteiger partial charge on any atom is -0.480 e. The van der Waals surface area contributed by atoms with E-state index in [1.54, 1.807) is 6.92 Å². The third-order valence-electron chi connectivity index (χ3n) is 3.22. The predicted molar refractivity (Wildman–Crippen MR) is 73.8 cm³/mol. The fraction of sp³-hybridized carbons (Fsp3) is 0.500. The maximum absolute atomic E-state index is 11.0. The van der Waals surface area contributed by atoms with Gasteiger partial charge in [-0.1, -0.05) is 37.1 Å². The van der Waals surface area contributed by atoms with E-state index in [2.05, 4.69) is 6.92 Å². The summed E-state index contributed by atoms with van der Waals surface area (Å²) in [7, 11) is 0. The molecule has 1 rings (SSSR count). The minimum absolute atomic E-state index is 0.261. The highest BCUT2D eigenvalue weighted by Crippen LogP contribution is 2.23. The highest BCUT2D eigenvalue weighted by Gasteiger charge is 2.30. The molecule has 0 saturated heterocycles. The highest BCUT2D eigenvalue weighted by atomic mass is 35.5. The molecule has 0 heterocycles. The van der Waals surface area contributed by atoms with E-state index >= 15 is 0 Å². The molecular weight excluding hydrogens is 250 g/mol. The van der Waals surface area contributed by atoms with Crippen LogP contribution in [0.15, 0.2) is 24.3 Å². The topological polar surface area (TPSA) is 63.3 Å². The number of benzene rings is 1. The van der Waals surface area contributed by atoms with Crippen LogP contribution in [0.5, 0.6) is 0 Å². The van der Waals surface area contributed by atoms with Gasteiger partial charge in [0.05, 0.1) is 0 Å². The first-order chi connectivity index (χ1) is 8.35. The number of nitrogens with two attached hydrogens (primary N) is 1. The Hall–Kier alpha value is -1.06. The highest BCUT2D eigenvalue weighted by molar-refractivity contribution is 6.30. The molecule has 0 aliphatic carbocycles. The van der Waals surface area contributed by atoms with Gasteiger partial charge in [0.1, 0.15) is 5.54 Å². The number of halogens is 1. The molecule has 0 spiro atoms. The Balaban J connectivity index is 2.68. The Kier molecular flexibility index (Phi) is 5.17. The van der Waals surface area contributed by atoms with Crippen LogP contribution in [0.1, 0.15) is 32.3 Å². The summed E-state index contributed by atoms with van der Waals surface area (Å²) in [6.45, 7) is 3.62. The van der Waals surface area contributed by atoms with Gasteiger partial charge in [0.15, 0.2) is 0 Å². The van der Waals surface area contributed by atoms with E-state index in [0.29, 0.717) is 11.4 Å². The van der Waals surface area contributed by atoms with Crippen molar-refractivity contribution < 1.29 is 9.90 Å². The first kappa shape index (κ1) is 15.0. The van der Waals surface area contributed by atoms with Crippen LogP contribution in [0.2, 0.25) is 5.02 Å². The van der Waals surface area contributed by atoms with E-state index in [-0.39, 0.29) is 5.92 Å². The molecular formula is C14H20ClNO2. The average Bonchev–Trinajstić information content (AvgIpc) is 2.30. The van der Waals surface area contributed by atoms with Crippen molar-refractivity contribution in [3.63, 3.8) is 0 Å². The maximum atomic E-state index is 11.0. The van der Waals surface area contributed by atoms with Crippen LogP contribution < -0.4 is 5.73 Å². The Morgan fingerprint density at radius 1 is 1.44 bits per heavy atom. The summed E-state index contributed by atoms with van der Waals surface area (Å²) in [5.74, 6) is -0.686. The number of aliphatic carboxylic acids is 1. The fourth-order valence-corrected chi connectivity index (χ4v) is 2.13. The lowest BCUT2D eigenvalue weighted by Crippen LogP contribution is -2.46. The van der Waals surface area contributed by atoms with Crippen LogP contribution in [0.3, 0.4) is 0 Å². The molecule has 2 unspecified atom stereocenters. The molecule has 18 heavy (non-hydrogen) atoms. The van der Waals surface area contributed by atoms with E-state index in [1.807, 2.05) is 24.3 Å². The molecule has 0 aliphatic rings. The van der Waals surface area contributed by atoms with Gasteiger partial charge in [0.25, 0.3) is 0 Å². The van der Waals surface area contributed by atoms with Gasteiger partial charge in [0.2, 0.25) is 0 Å². The summed E-state index contributed by atoms with van der Waals surface area (Å²) in [4.78, 5) is 11.0. The monoisotopic (exact) mass is 269 g/mol. The Morgan fingerprint density at radius 3 is 2.44 bits per heavy atom. The second-order valence-electron chi connectivity index (χ2n) is 5.03. The van der Waals surface area contributed by atoms with Gasteiger partial charge in [-0.05, 0) is 43.4 Å². The van der Waals surface area contributed by atoms with Crippen molar-refractivity contribution in [2.45, 2.75) is 38.6 Å². The molecule has 3 nitrogen and oxygen atoms in total. The standard InChI is InChI=1S/C14H20ClNO2/c1-3-10(9-14(2,16)13(17)18)8-11-4-6-12(15)7-5-11/h4-7,10H,3,8-9,16H2,1-2H3,(H,17,18). The van der Waals surface area contributed by atoms with Gasteiger partial charge < -0.3 is 10.8 Å². The van der Waals surface area contributed by atoms with Gasteiger partial charge in [-0.3, -0.25) is 4.79 Å². The van der Waals surface area contributed by atoms with Crippen molar-refractivity contribution in [3.8, 4) is 0 Å². The summed E-state index contributed by atoms with van der Waals surface area (Å²) >= 11 is 5.83. The summed E-state index contributed by atoms with van der Waals surface area (Å²) in [5.41, 5.74) is 5.79. The van der Waals surface area contributed by atoms with Crippen LogP contribution >= 0.6 is 11.6 Å². The molecule has 0 saturated carbocycles. The Labute approximate surface area is 113 Å². The van der Waals surface area contributed by atoms with Gasteiger partial charge in [0, 0.05) is 5.02 Å². The van der Waals surface area contributed by atoms with E-state index in [1.165, 1.54) is 0 Å². The molecule has 2 atom stereocenters. The third kappa shape index (κ3) is 4.31. The number of hydrogen-bond donors (Lipinski definition) is 2. The SMILES string of the molecule is CCC(Cc1ccc(Cl)cc1)CC(C)(N)C(=O)O. The summed E-state index contributed by atoms with van der Waals surface area (Å²) in [6, 6.07) is 7.64. The minimum atomic E-state index is -1.16. The Bertz CT molecular complexity index is 401. The predicted octanol–water partition coefficient (Wildman–Crippen LogP) is 3.10. The quantitative estimate of drug-likeness (QED) is 0.834. The second kappa shape index (κ2) is 6.21. The first-order valence-corrected chi connectivity index (χ1v) is 6.49. The van der Waals surface area contributed by atoms with Crippen molar-refractivity contribution in [3.05, 3.63) is 34.9 Å². The molecule has 0 aliphatic heterocycles. The average molecular weight is 270 g/mol. The number of rotatable bonds is 6. The summed E-state index contributed by atoms with van der Waals surface area (Å²) in [5, 5.41) is 9.75. The van der Waals surface area contributed by atoms with Gasteiger partial charge in [-0.25, -0.2) is 0 Å². The zero-order chi connectivity index (χ0) is 13.8. The molecule has 0 aromatic heterocycles. The van der Waals surface area contributed by atoms with Gasteiger partial charge in [-0.2, -0.15) is 0 Å². The summed E-state index contributed by atoms with van der Waals surface area (Å²) < 4.78 is 0. The second-order valence-corrected chi connectivity index (χ2v) is 5.47. The van der Waals surface area contributed by atoms with E-state index < -0.39 is 11.5 Å². The maximum Gasteiger partial charge on any atom is 0.323 e. The zero-order valence-electron chi connectivity index (χ0n) is 10.8. The van der Waals surface area contributed by atoms with Crippen molar-refractivity contribution in [2.75, 3.05) is 0 Å². The smallest absolute Gasteiger partial charge is 0.323 e. The largest absolute Gasteiger partial charge is 0.480 e. The molecule has 0 fully saturated rings. The first-order valence-electron chi connectivity index (χ1n) is 6.12. The van der Waals surface area contributed by atoms with Crippen molar-refractivity contribution in [1.82, 2.24) is 0 Å². The summed E-state index contributed by atoms with van der Waals surface area (Å²) in [6.07, 6.45) is 2.21. The third-order valence-corrected chi connectivity index (χ3v) is 3.47. The molecule has 4 heteroatoms. The van der Waals surface area contributed by atoms with Crippen molar-refractivity contribution >= 4 is 17.6 Å². The van der Waals surface area contributed by atoms with Crippen LogP contribution in [-0.2, 0) is 11.2 Å². The van der Waals surface area contributed by atoms with Gasteiger partial charge >= 0.3 is 5.97 Å². The van der Waals surface area contributed by atoms with E-state index in [9.17, 15) is 4.79 Å². The fourth-order valence-electron chi connectivity index (χ4n) is 2.00. The molecule has 0 radical (unpaired) electrons. The van der Waals surface area contributed by atoms with Crippen LogP contribution in [0, 0.1) is 5.92 Å². The van der Waals surface area contributed by atoms with Crippen LogP contribution in [0.4, 0.5) is 0 Å². The van der Waals surface area contributed by atoms with Crippen molar-refractivity contribution in [1.29, 1.82) is 0 Å². The number of hydrogen-bond acceptors (Lipinski definition) is 2. The molecule has 1 aromatic rings. The lowest BCUT2D eigenvalue weighted by molar-refractivity contribution is -0.143. The van der Waals surface area contributed by atoms with Crippen LogP contribution in [-0.4, -0.2) is 16.6 Å². The molecule has 100 valence electrons. The lowest BCUT2D eigenvalue weighted by Gasteiger charge is -2.25. The lowest BCUT2D eigenvalue weighted by atomic mass is 9.84. The molecule has 1 aromatic carbocycles. The van der Waals surface area contributed by atoms with E-state index in [0.717, 1.165) is 18.4 Å². The molecule has 3 N–H and O–H groups in total. The van der Waals surface area contributed by atoms with Crippen molar-refractivity contribution in [2.24, 2.45) is 11.7 Å². The normalized spacial score (nSPS) is 16.0. The van der Waals surface area contributed by atoms with Gasteiger partial charge in [-0.15, -0.1) is 0 Å². The zero-order valence-corrected chi connectivity index (χ0v) is 11.6. The number of carboxylic acid groups (broad SMARTS) is 1. The number of carbonyl (C=O) groups is 1. The molecule has 0 bridgehead atoms. The van der Waals surface area contributed by atoms with E-state index in [4.69, 9.17) is 22.4 Å². The number of carboxylic acids is 1.